The second kappa shape index (κ2) is 6.58. The molecule has 4 rings (SSSR count). The first kappa shape index (κ1) is 19.4. The Balaban J connectivity index is 1.71. The number of carbonyl (C=O) groups is 3. The number of hydrogen-bond donors (Lipinski definition) is 0. The zero-order valence-corrected chi connectivity index (χ0v) is 17.1. The molecule has 4 aliphatic carbocycles. The van der Waals surface area contributed by atoms with E-state index >= 15 is 0 Å². The predicted molar refractivity (Wildman–Crippen MR) is 105 cm³/mol. The lowest BCUT2D eigenvalue weighted by Gasteiger charge is -2.56. The normalized spacial score (nSPS) is 44.4. The third-order valence-corrected chi connectivity index (χ3v) is 8.54. The molecule has 0 amide bonds. The first-order valence-electron chi connectivity index (χ1n) is 10.6. The van der Waals surface area contributed by atoms with Gasteiger partial charge in [0.1, 0.15) is 5.78 Å². The number of esters is 1. The minimum atomic E-state index is -0.834. The highest BCUT2D eigenvalue weighted by Gasteiger charge is 2.65. The molecule has 0 aromatic heterocycles. The first-order chi connectivity index (χ1) is 13.2. The highest BCUT2D eigenvalue weighted by Crippen LogP contribution is 2.66. The van der Waals surface area contributed by atoms with Gasteiger partial charge in [0, 0.05) is 24.7 Å². The molecule has 7 atom stereocenters. The van der Waals surface area contributed by atoms with Crippen molar-refractivity contribution in [3.63, 3.8) is 0 Å². The van der Waals surface area contributed by atoms with Crippen molar-refractivity contribution in [1.29, 1.82) is 0 Å². The Morgan fingerprint density at radius 3 is 2.57 bits per heavy atom. The van der Waals surface area contributed by atoms with Gasteiger partial charge in [0.05, 0.1) is 0 Å². The molecule has 4 nitrogen and oxygen atoms in total. The van der Waals surface area contributed by atoms with Crippen LogP contribution in [0.1, 0.15) is 65.7 Å². The molecule has 0 aromatic rings. The number of allylic oxidation sites excluding steroid dienone is 1. The van der Waals surface area contributed by atoms with E-state index in [0.29, 0.717) is 36.5 Å². The van der Waals surface area contributed by atoms with Gasteiger partial charge in [-0.3, -0.25) is 14.4 Å². The standard InChI is InChI=1S/C24H30O4/c1-5-24(28-15(3)26)11-9-22-21-13-19(14(2)25)20-12-16(27)6-7-17(20)18(21)8-10-23(22,24)4/h1,12,17-19,21-22H,6-11,13H2,2-4H3/t17-,18-,19+,21-,22+,23+,24+/m1/s1. The van der Waals surface area contributed by atoms with Gasteiger partial charge in [-0.1, -0.05) is 18.4 Å². The lowest BCUT2D eigenvalue weighted by atomic mass is 9.49. The fraction of sp³-hybridized carbons (Fsp3) is 0.708. The van der Waals surface area contributed by atoms with E-state index < -0.39 is 5.60 Å². The monoisotopic (exact) mass is 382 g/mol. The van der Waals surface area contributed by atoms with Crippen LogP contribution in [-0.2, 0) is 19.1 Å². The summed E-state index contributed by atoms with van der Waals surface area (Å²) in [5.74, 6) is 4.33. The van der Waals surface area contributed by atoms with Crippen molar-refractivity contribution in [3.8, 4) is 12.3 Å². The Bertz CT molecular complexity index is 802. The summed E-state index contributed by atoms with van der Waals surface area (Å²) in [7, 11) is 0. The van der Waals surface area contributed by atoms with Crippen LogP contribution in [0.5, 0.6) is 0 Å². The third-order valence-electron chi connectivity index (χ3n) is 8.54. The van der Waals surface area contributed by atoms with E-state index in [9.17, 15) is 14.4 Å². The molecule has 3 fully saturated rings. The van der Waals surface area contributed by atoms with E-state index in [2.05, 4.69) is 12.8 Å². The smallest absolute Gasteiger partial charge is 0.304 e. The second-order valence-corrected chi connectivity index (χ2v) is 9.65. The molecule has 0 bridgehead atoms. The summed E-state index contributed by atoms with van der Waals surface area (Å²) >= 11 is 0. The third kappa shape index (κ3) is 2.62. The molecule has 0 heterocycles. The van der Waals surface area contributed by atoms with Crippen LogP contribution < -0.4 is 0 Å². The van der Waals surface area contributed by atoms with Crippen molar-refractivity contribution >= 4 is 17.5 Å². The average Bonchev–Trinajstić information content (AvgIpc) is 2.93. The van der Waals surface area contributed by atoms with Crippen molar-refractivity contribution in [2.45, 2.75) is 71.3 Å². The molecule has 0 spiro atoms. The van der Waals surface area contributed by atoms with Gasteiger partial charge in [0.15, 0.2) is 11.4 Å². The van der Waals surface area contributed by atoms with Crippen LogP contribution >= 0.6 is 0 Å². The number of carbonyl (C=O) groups excluding carboxylic acids is 3. The number of hydrogen-bond acceptors (Lipinski definition) is 4. The Morgan fingerprint density at radius 2 is 1.93 bits per heavy atom. The number of fused-ring (bicyclic) bond motifs is 5. The molecule has 3 saturated carbocycles. The van der Waals surface area contributed by atoms with Crippen LogP contribution in [0.15, 0.2) is 11.6 Å². The molecule has 0 saturated heterocycles. The van der Waals surface area contributed by atoms with Gasteiger partial charge in [-0.2, -0.15) is 0 Å². The van der Waals surface area contributed by atoms with Crippen molar-refractivity contribution in [2.75, 3.05) is 0 Å². The maximum Gasteiger partial charge on any atom is 0.304 e. The molecule has 0 unspecified atom stereocenters. The van der Waals surface area contributed by atoms with Gasteiger partial charge in [-0.15, -0.1) is 6.42 Å². The van der Waals surface area contributed by atoms with E-state index in [1.807, 2.05) is 0 Å². The SMILES string of the molecule is C#C[C@]1(OC(C)=O)CC[C@H]2[C@@H]3C[C@@H](C(C)=O)C4=CC(=O)CC[C@@H]4[C@H]3CC[C@@]21C. The molecule has 0 aliphatic heterocycles. The minimum absolute atomic E-state index is 0.146. The molecular weight excluding hydrogens is 352 g/mol. The molecule has 0 aromatic carbocycles. The highest BCUT2D eigenvalue weighted by molar-refractivity contribution is 5.93. The first-order valence-corrected chi connectivity index (χ1v) is 10.6. The topological polar surface area (TPSA) is 60.4 Å². The minimum Gasteiger partial charge on any atom is -0.445 e. The van der Waals surface area contributed by atoms with Crippen molar-refractivity contribution < 1.29 is 19.1 Å². The van der Waals surface area contributed by atoms with Gasteiger partial charge >= 0.3 is 5.97 Å². The number of ether oxygens (including phenoxy) is 1. The summed E-state index contributed by atoms with van der Waals surface area (Å²) in [6, 6.07) is 0. The van der Waals surface area contributed by atoms with E-state index in [1.54, 1.807) is 13.0 Å². The van der Waals surface area contributed by atoms with Gasteiger partial charge in [-0.25, -0.2) is 0 Å². The second-order valence-electron chi connectivity index (χ2n) is 9.65. The summed E-state index contributed by atoms with van der Waals surface area (Å²) in [5.41, 5.74) is 0.00954. The molecular formula is C24H30O4. The van der Waals surface area contributed by atoms with Gasteiger partial charge in [-0.05, 0) is 75.2 Å². The van der Waals surface area contributed by atoms with Gasteiger partial charge in [0.2, 0.25) is 0 Å². The van der Waals surface area contributed by atoms with E-state index in [-0.39, 0.29) is 28.9 Å². The summed E-state index contributed by atoms with van der Waals surface area (Å²) in [6.07, 6.45) is 13.6. The van der Waals surface area contributed by atoms with E-state index in [4.69, 9.17) is 11.2 Å². The maximum absolute atomic E-state index is 12.5. The Kier molecular flexibility index (Phi) is 4.56. The lowest BCUT2D eigenvalue weighted by Crippen LogP contribution is -2.55. The molecule has 150 valence electrons. The molecule has 4 heteroatoms. The van der Waals surface area contributed by atoms with Crippen LogP contribution in [0, 0.1) is 47.3 Å². The van der Waals surface area contributed by atoms with Crippen LogP contribution in [0.2, 0.25) is 0 Å². The fourth-order valence-electron chi connectivity index (χ4n) is 7.29. The van der Waals surface area contributed by atoms with E-state index in [1.165, 1.54) is 6.92 Å². The average molecular weight is 383 g/mol. The highest BCUT2D eigenvalue weighted by atomic mass is 16.6. The van der Waals surface area contributed by atoms with Crippen LogP contribution in [0.3, 0.4) is 0 Å². The number of rotatable bonds is 2. The lowest BCUT2D eigenvalue weighted by molar-refractivity contribution is -0.168. The van der Waals surface area contributed by atoms with Crippen LogP contribution in [0.25, 0.3) is 0 Å². The summed E-state index contributed by atoms with van der Waals surface area (Å²) in [6.45, 7) is 5.29. The molecule has 0 radical (unpaired) electrons. The summed E-state index contributed by atoms with van der Waals surface area (Å²) in [4.78, 5) is 36.4. The maximum atomic E-state index is 12.5. The predicted octanol–water partition coefficient (Wildman–Crippen LogP) is 3.88. The molecule has 0 N–H and O–H groups in total. The Hall–Kier alpha value is -1.89. The molecule has 4 aliphatic rings. The van der Waals surface area contributed by atoms with Crippen LogP contribution in [-0.4, -0.2) is 23.1 Å². The largest absolute Gasteiger partial charge is 0.445 e. The Labute approximate surface area is 167 Å². The Morgan fingerprint density at radius 1 is 1.18 bits per heavy atom. The van der Waals surface area contributed by atoms with Crippen molar-refractivity contribution in [3.05, 3.63) is 11.6 Å². The zero-order valence-electron chi connectivity index (χ0n) is 17.1. The van der Waals surface area contributed by atoms with Crippen LogP contribution in [0.4, 0.5) is 0 Å². The van der Waals surface area contributed by atoms with Crippen molar-refractivity contribution in [2.24, 2.45) is 35.0 Å². The van der Waals surface area contributed by atoms with E-state index in [0.717, 1.165) is 37.7 Å². The van der Waals surface area contributed by atoms with Crippen molar-refractivity contribution in [1.82, 2.24) is 0 Å². The quantitative estimate of drug-likeness (QED) is 0.537. The zero-order chi connectivity index (χ0) is 20.3. The van der Waals surface area contributed by atoms with Gasteiger partial charge < -0.3 is 4.74 Å². The number of Topliss-reactive ketones (excluding diaryl/α,β-unsaturated/α-hetero) is 1. The summed E-state index contributed by atoms with van der Waals surface area (Å²) < 4.78 is 5.80. The summed E-state index contributed by atoms with van der Waals surface area (Å²) in [5, 5.41) is 0. The number of ketones is 2. The number of terminal acetylenes is 1. The molecule has 28 heavy (non-hydrogen) atoms. The van der Waals surface area contributed by atoms with Gasteiger partial charge in [0.25, 0.3) is 0 Å². The fourth-order valence-corrected chi connectivity index (χ4v) is 7.29.